The fraction of sp³-hybridized carbons (Fsp3) is 0.609. The van der Waals surface area contributed by atoms with Crippen molar-refractivity contribution in [1.82, 2.24) is 20.9 Å². The number of benzene rings is 1. The molecule has 1 fully saturated rings. The van der Waals surface area contributed by atoms with Gasteiger partial charge in [-0.05, 0) is 42.0 Å². The Labute approximate surface area is 218 Å². The zero-order chi connectivity index (χ0) is 28.0. The van der Waals surface area contributed by atoms with Crippen LogP contribution in [0, 0.1) is 10.1 Å². The first-order chi connectivity index (χ1) is 18.1. The molecule has 1 atom stereocenters. The Bertz CT molecular complexity index is 894. The fourth-order valence-corrected chi connectivity index (χ4v) is 3.55. The van der Waals surface area contributed by atoms with Crippen molar-refractivity contribution < 1.29 is 42.2 Å². The number of halogens is 3. The van der Waals surface area contributed by atoms with Gasteiger partial charge < -0.3 is 40.1 Å². The van der Waals surface area contributed by atoms with Gasteiger partial charge in [0.25, 0.3) is 0 Å². The van der Waals surface area contributed by atoms with Crippen LogP contribution in [0.4, 0.5) is 13.2 Å². The summed E-state index contributed by atoms with van der Waals surface area (Å²) in [5.41, 5.74) is 0. The van der Waals surface area contributed by atoms with Gasteiger partial charge in [-0.3, -0.25) is 15.0 Å². The van der Waals surface area contributed by atoms with E-state index >= 15 is 0 Å². The molecule has 0 bridgehead atoms. The van der Waals surface area contributed by atoms with E-state index in [0.717, 1.165) is 6.20 Å². The third-order valence-electron chi connectivity index (χ3n) is 5.43. The summed E-state index contributed by atoms with van der Waals surface area (Å²) in [5, 5.41) is 28.1. The molecule has 0 saturated carbocycles. The van der Waals surface area contributed by atoms with E-state index in [0.29, 0.717) is 37.4 Å². The second-order valence-corrected chi connectivity index (χ2v) is 8.47. The molecule has 2 rings (SSSR count). The van der Waals surface area contributed by atoms with Crippen LogP contribution in [-0.4, -0.2) is 98.8 Å². The number of rotatable bonds is 16. The molecule has 1 aromatic rings. The highest BCUT2D eigenvalue weighted by atomic mass is 19.4. The van der Waals surface area contributed by atoms with E-state index in [1.807, 2.05) is 4.90 Å². The summed E-state index contributed by atoms with van der Waals surface area (Å²) in [6.45, 7) is -0.283. The number of nitrogens with zero attached hydrogens (tertiary/aromatic N) is 2. The third kappa shape index (κ3) is 12.3. The third-order valence-corrected chi connectivity index (χ3v) is 5.43. The number of hydrogen-bond donors (Lipinski definition) is 4. The maximum Gasteiger partial charge on any atom is 0.411 e. The lowest BCUT2D eigenvalue weighted by Gasteiger charge is -2.32. The molecule has 0 unspecified atom stereocenters. The Morgan fingerprint density at radius 1 is 1.24 bits per heavy atom. The second-order valence-electron chi connectivity index (χ2n) is 8.47. The first kappa shape index (κ1) is 30.9. The SMILES string of the molecule is CN/C(=C\NC[C@@H](CO)NC(=O)CN1CCC(Oc2ccc(OCCOCC(F)(F)F)cc2)CC1)[N+](=O)[O-]. The molecule has 1 saturated heterocycles. The van der Waals surface area contributed by atoms with Crippen molar-refractivity contribution in [2.24, 2.45) is 0 Å². The van der Waals surface area contributed by atoms with Crippen LogP contribution in [0.3, 0.4) is 0 Å². The summed E-state index contributed by atoms with van der Waals surface area (Å²) in [5.74, 6) is 0.613. The summed E-state index contributed by atoms with van der Waals surface area (Å²) in [7, 11) is 1.41. The second kappa shape index (κ2) is 15.8. The van der Waals surface area contributed by atoms with Crippen molar-refractivity contribution in [3.05, 3.63) is 46.4 Å². The Hall–Kier alpha value is -3.30. The topological polar surface area (TPSA) is 147 Å². The predicted octanol–water partition coefficient (Wildman–Crippen LogP) is 0.849. The van der Waals surface area contributed by atoms with Crippen LogP contribution < -0.4 is 25.4 Å². The average Bonchev–Trinajstić information content (AvgIpc) is 2.87. The molecule has 0 aromatic heterocycles. The van der Waals surface area contributed by atoms with Gasteiger partial charge in [0.1, 0.15) is 30.8 Å². The van der Waals surface area contributed by atoms with Crippen molar-refractivity contribution in [3.63, 3.8) is 0 Å². The molecule has 0 radical (unpaired) electrons. The predicted molar refractivity (Wildman–Crippen MR) is 130 cm³/mol. The molecule has 12 nitrogen and oxygen atoms in total. The number of ether oxygens (including phenoxy) is 3. The molecule has 1 aliphatic rings. The van der Waals surface area contributed by atoms with Crippen LogP contribution in [0.15, 0.2) is 36.3 Å². The van der Waals surface area contributed by atoms with E-state index in [1.54, 1.807) is 24.3 Å². The van der Waals surface area contributed by atoms with Gasteiger partial charge in [-0.15, -0.1) is 0 Å². The van der Waals surface area contributed by atoms with Gasteiger partial charge in [0.05, 0.1) is 39.0 Å². The number of nitro groups is 1. The van der Waals surface area contributed by atoms with Gasteiger partial charge in [0, 0.05) is 19.6 Å². The molecule has 0 spiro atoms. The van der Waals surface area contributed by atoms with Crippen LogP contribution in [0.1, 0.15) is 12.8 Å². The van der Waals surface area contributed by atoms with Crippen molar-refractivity contribution in [3.8, 4) is 11.5 Å². The molecule has 214 valence electrons. The van der Waals surface area contributed by atoms with Gasteiger partial charge in [0.15, 0.2) is 0 Å². The summed E-state index contributed by atoms with van der Waals surface area (Å²) in [4.78, 5) is 24.5. The molecule has 1 aromatic carbocycles. The van der Waals surface area contributed by atoms with Crippen LogP contribution in [0.25, 0.3) is 0 Å². The number of hydrogen-bond acceptors (Lipinski definition) is 10. The zero-order valence-electron chi connectivity index (χ0n) is 21.0. The van der Waals surface area contributed by atoms with Gasteiger partial charge >= 0.3 is 12.0 Å². The number of piperidine rings is 1. The molecule has 1 heterocycles. The average molecular weight is 550 g/mol. The number of nitrogens with one attached hydrogen (secondary N) is 3. The normalized spacial score (nSPS) is 16.0. The van der Waals surface area contributed by atoms with E-state index in [4.69, 9.17) is 9.47 Å². The summed E-state index contributed by atoms with van der Waals surface area (Å²) >= 11 is 0. The Morgan fingerprint density at radius 3 is 2.47 bits per heavy atom. The summed E-state index contributed by atoms with van der Waals surface area (Å²) < 4.78 is 51.9. The summed E-state index contributed by atoms with van der Waals surface area (Å²) in [6, 6.07) is 6.16. The molecular weight excluding hydrogens is 515 g/mol. The van der Waals surface area contributed by atoms with E-state index in [1.165, 1.54) is 7.05 Å². The lowest BCUT2D eigenvalue weighted by atomic mass is 10.1. The maximum absolute atomic E-state index is 12.4. The standard InChI is InChI=1S/C23H34F3N5O7/c1-27-21(31(34)35)13-28-12-17(15-32)29-22(33)14-30-8-6-20(7-9-30)38-19-4-2-18(3-5-19)37-11-10-36-16-23(24,25)26/h2-5,13,17,20,27-28,32H,6-12,14-16H2,1H3,(H,29,33)/b21-13+/t17-/m0/s1. The van der Waals surface area contributed by atoms with E-state index < -0.39 is 23.7 Å². The molecule has 38 heavy (non-hydrogen) atoms. The lowest BCUT2D eigenvalue weighted by Crippen LogP contribution is -2.49. The fourth-order valence-electron chi connectivity index (χ4n) is 3.55. The van der Waals surface area contributed by atoms with Crippen molar-refractivity contribution in [2.75, 3.05) is 59.7 Å². The number of carbonyl (C=O) groups excluding carboxylic acids is 1. The van der Waals surface area contributed by atoms with Gasteiger partial charge in [-0.25, -0.2) is 0 Å². The number of aliphatic hydroxyl groups excluding tert-OH is 1. The molecule has 0 aliphatic carbocycles. The molecular formula is C23H34F3N5O7. The number of likely N-dealkylation sites (tertiary alicyclic amines) is 1. The lowest BCUT2D eigenvalue weighted by molar-refractivity contribution is -0.431. The van der Waals surface area contributed by atoms with Crippen LogP contribution in [0.5, 0.6) is 11.5 Å². The largest absolute Gasteiger partial charge is 0.491 e. The van der Waals surface area contributed by atoms with Gasteiger partial charge in [0.2, 0.25) is 5.91 Å². The van der Waals surface area contributed by atoms with Crippen LogP contribution in [0.2, 0.25) is 0 Å². The molecule has 1 aliphatic heterocycles. The summed E-state index contributed by atoms with van der Waals surface area (Å²) in [6.07, 6.45) is -1.84. The minimum Gasteiger partial charge on any atom is -0.491 e. The highest BCUT2D eigenvalue weighted by Crippen LogP contribution is 2.22. The number of carbonyl (C=O) groups is 1. The van der Waals surface area contributed by atoms with E-state index in [9.17, 15) is 33.2 Å². The number of alkyl halides is 3. The van der Waals surface area contributed by atoms with Crippen LogP contribution in [-0.2, 0) is 9.53 Å². The maximum atomic E-state index is 12.4. The first-order valence-electron chi connectivity index (χ1n) is 12.0. The number of aliphatic hydroxyl groups is 1. The van der Waals surface area contributed by atoms with Gasteiger partial charge in [-0.2, -0.15) is 13.2 Å². The molecule has 4 N–H and O–H groups in total. The Balaban J connectivity index is 1.65. The quantitative estimate of drug-likeness (QED) is 0.133. The Kier molecular flexibility index (Phi) is 12.9. The van der Waals surface area contributed by atoms with Crippen molar-refractivity contribution in [1.29, 1.82) is 0 Å². The van der Waals surface area contributed by atoms with Crippen LogP contribution >= 0.6 is 0 Å². The Morgan fingerprint density at radius 2 is 1.89 bits per heavy atom. The zero-order valence-corrected chi connectivity index (χ0v) is 21.0. The molecule has 15 heteroatoms. The minimum atomic E-state index is -4.36. The highest BCUT2D eigenvalue weighted by molar-refractivity contribution is 5.78. The number of amides is 1. The van der Waals surface area contributed by atoms with Gasteiger partial charge in [-0.1, -0.05) is 0 Å². The van der Waals surface area contributed by atoms with E-state index in [-0.39, 0.29) is 50.7 Å². The minimum absolute atomic E-state index is 0.00615. The monoisotopic (exact) mass is 549 g/mol. The highest BCUT2D eigenvalue weighted by Gasteiger charge is 2.27. The first-order valence-corrected chi connectivity index (χ1v) is 12.0. The smallest absolute Gasteiger partial charge is 0.411 e. The van der Waals surface area contributed by atoms with Crippen molar-refractivity contribution >= 4 is 5.91 Å². The van der Waals surface area contributed by atoms with Crippen molar-refractivity contribution in [2.45, 2.75) is 31.2 Å². The molecule has 1 amide bonds. The van der Waals surface area contributed by atoms with E-state index in [2.05, 4.69) is 20.7 Å².